The van der Waals surface area contributed by atoms with Crippen LogP contribution in [0.4, 0.5) is 31.7 Å². The summed E-state index contributed by atoms with van der Waals surface area (Å²) >= 11 is 0. The first-order valence-corrected chi connectivity index (χ1v) is 24.2. The van der Waals surface area contributed by atoms with Crippen LogP contribution in [0.15, 0.2) is 85.2 Å². The van der Waals surface area contributed by atoms with Crippen LogP contribution in [0, 0.1) is 23.0 Å². The summed E-state index contributed by atoms with van der Waals surface area (Å²) in [4.78, 5) is 94.2. The van der Waals surface area contributed by atoms with Crippen LogP contribution in [0.3, 0.4) is 0 Å². The van der Waals surface area contributed by atoms with Crippen molar-refractivity contribution in [3.63, 3.8) is 0 Å². The summed E-state index contributed by atoms with van der Waals surface area (Å²) in [6.07, 6.45) is 5.85. The van der Waals surface area contributed by atoms with Gasteiger partial charge in [-0.25, -0.2) is 13.8 Å². The van der Waals surface area contributed by atoms with Crippen LogP contribution in [-0.2, 0) is 19.2 Å². The highest BCUT2D eigenvalue weighted by molar-refractivity contribution is 6.25. The molecule has 0 radical (unpaired) electrons. The predicted octanol–water partition coefficient (Wildman–Crippen LogP) is 6.18. The molecule has 2 aromatic heterocycles. The molecule has 0 bridgehead atoms. The van der Waals surface area contributed by atoms with Crippen LogP contribution in [0.1, 0.15) is 73.1 Å². The molecule has 0 spiro atoms. The van der Waals surface area contributed by atoms with Gasteiger partial charge in [0.15, 0.2) is 0 Å². The molecule has 4 fully saturated rings. The maximum atomic E-state index is 16.0. The predicted molar refractivity (Wildman–Crippen MR) is 260 cm³/mol. The fourth-order valence-corrected chi connectivity index (χ4v) is 10.3. The lowest BCUT2D eigenvalue weighted by molar-refractivity contribution is -0.136. The maximum Gasteiger partial charge on any atom is 0.266 e. The van der Waals surface area contributed by atoms with Gasteiger partial charge in [0.1, 0.15) is 40.4 Å². The number of pyridine rings is 2. The molecule has 19 heteroatoms. The number of imide groups is 2. The van der Waals surface area contributed by atoms with E-state index in [0.29, 0.717) is 89.7 Å². The van der Waals surface area contributed by atoms with Gasteiger partial charge in [-0.2, -0.15) is 0 Å². The molecule has 4 aliphatic heterocycles. The average Bonchev–Trinajstić information content (AvgIpc) is 4.16. The van der Waals surface area contributed by atoms with Crippen molar-refractivity contribution < 1.29 is 42.3 Å². The number of anilines is 4. The number of benzene rings is 3. The van der Waals surface area contributed by atoms with Gasteiger partial charge in [-0.3, -0.25) is 53.8 Å². The van der Waals surface area contributed by atoms with Gasteiger partial charge in [0.05, 0.1) is 22.3 Å². The highest BCUT2D eigenvalue weighted by Crippen LogP contribution is 2.48. The van der Waals surface area contributed by atoms with E-state index in [1.54, 1.807) is 42.6 Å². The van der Waals surface area contributed by atoms with E-state index in [9.17, 15) is 33.2 Å². The zero-order chi connectivity index (χ0) is 49.6. The zero-order valence-corrected chi connectivity index (χ0v) is 39.4. The van der Waals surface area contributed by atoms with Gasteiger partial charge in [0.2, 0.25) is 23.6 Å². The summed E-state index contributed by atoms with van der Waals surface area (Å²) in [6.45, 7) is 9.76. The number of ether oxygens (including phenoxy) is 1. The number of nitrogens with zero attached hydrogens (tertiary/aromatic N) is 6. The van der Waals surface area contributed by atoms with Gasteiger partial charge in [-0.15, -0.1) is 0 Å². The lowest BCUT2D eigenvalue weighted by Crippen LogP contribution is -2.55. The second-order valence-corrected chi connectivity index (χ2v) is 19.1. The number of aromatic nitrogens is 2. The van der Waals surface area contributed by atoms with Crippen molar-refractivity contribution in [2.24, 2.45) is 11.3 Å². The minimum atomic E-state index is -1.20. The molecule has 3 saturated heterocycles. The van der Waals surface area contributed by atoms with E-state index in [1.807, 2.05) is 0 Å². The molecule has 5 aliphatic rings. The second-order valence-electron chi connectivity index (χ2n) is 19.1. The summed E-state index contributed by atoms with van der Waals surface area (Å²) in [5, 5.41) is 11.6. The average molecular weight is 969 g/mol. The van der Waals surface area contributed by atoms with Crippen molar-refractivity contribution in [2.75, 3.05) is 66.7 Å². The standard InChI is InChI=1S/C52H54F2N10O7/c1-30(29-57-46-45-37(13-19-56-46)48(67)64(49(45)68)41-11-12-44(65)60-47(41)66)61-23-25-62(26-24-61)31(2)32-15-21-63(22-16-32)42-28-40-38(27-39(42)54)43(14-20-55-40)71-36-9-7-35(8-10-36)59-51(70)52(17-18-52)50(69)58-34-5-3-33(53)4-6-34/h3-10,13-14,19-20,27-28,30-32,41H,11-12,15-18,21-26,29H2,1-2H3,(H,56,57)(H,58,69)(H,59,70)(H,60,65,66)/t30-,31-,41?/m1/s1. The second kappa shape index (κ2) is 19.4. The fourth-order valence-electron chi connectivity index (χ4n) is 10.3. The number of piperidine rings is 2. The van der Waals surface area contributed by atoms with E-state index in [-0.39, 0.29) is 35.8 Å². The molecule has 10 rings (SSSR count). The molecule has 1 unspecified atom stereocenters. The number of carbonyl (C=O) groups is 6. The van der Waals surface area contributed by atoms with Crippen molar-refractivity contribution in [2.45, 2.75) is 70.5 Å². The lowest BCUT2D eigenvalue weighted by Gasteiger charge is -2.45. The Morgan fingerprint density at radius 1 is 0.789 bits per heavy atom. The molecule has 6 amide bonds. The number of piperazine rings is 1. The third-order valence-corrected chi connectivity index (χ3v) is 14.9. The third kappa shape index (κ3) is 9.50. The van der Waals surface area contributed by atoms with Crippen LogP contribution in [0.5, 0.6) is 11.5 Å². The normalized spacial score (nSPS) is 20.3. The quantitative estimate of drug-likeness (QED) is 0.0728. The van der Waals surface area contributed by atoms with Crippen LogP contribution in [0.25, 0.3) is 10.9 Å². The number of hydrogen-bond donors (Lipinski definition) is 4. The minimum Gasteiger partial charge on any atom is -0.457 e. The van der Waals surface area contributed by atoms with Crippen molar-refractivity contribution in [3.05, 3.63) is 108 Å². The van der Waals surface area contributed by atoms with E-state index < -0.39 is 52.7 Å². The van der Waals surface area contributed by atoms with Crippen LogP contribution in [-0.4, -0.2) is 124 Å². The lowest BCUT2D eigenvalue weighted by atomic mass is 9.88. The first-order valence-electron chi connectivity index (χ1n) is 24.2. The summed E-state index contributed by atoms with van der Waals surface area (Å²) in [6, 6.07) is 17.9. The molecular weight excluding hydrogens is 915 g/mol. The molecule has 1 aliphatic carbocycles. The largest absolute Gasteiger partial charge is 0.457 e. The van der Waals surface area contributed by atoms with E-state index in [0.717, 1.165) is 43.9 Å². The number of nitrogens with one attached hydrogen (secondary N) is 4. The van der Waals surface area contributed by atoms with Crippen LogP contribution in [0.2, 0.25) is 0 Å². The first kappa shape index (κ1) is 47.3. The SMILES string of the molecule is C[C@H](CNc1nccc2c1C(=O)N(C1CCC(=O)NC1=O)C2=O)N1CCN([C@H](C)C2CCN(c3cc4nccc(Oc5ccc(NC(=O)C6(C(=O)Nc7ccc(F)cc7)CC6)cc5)c4cc3F)CC2)CC1. The van der Waals surface area contributed by atoms with Crippen LogP contribution >= 0.6 is 0 Å². The summed E-state index contributed by atoms with van der Waals surface area (Å²) in [5.74, 6) is -2.29. The first-order chi connectivity index (χ1) is 34.3. The van der Waals surface area contributed by atoms with Gasteiger partial charge in [-0.1, -0.05) is 0 Å². The third-order valence-electron chi connectivity index (χ3n) is 14.9. The molecule has 6 heterocycles. The van der Waals surface area contributed by atoms with E-state index in [2.05, 4.69) is 59.8 Å². The van der Waals surface area contributed by atoms with E-state index in [4.69, 9.17) is 4.74 Å². The summed E-state index contributed by atoms with van der Waals surface area (Å²) in [5.41, 5.74) is 1.11. The highest BCUT2D eigenvalue weighted by Gasteiger charge is 2.56. The van der Waals surface area contributed by atoms with Gasteiger partial charge >= 0.3 is 0 Å². The van der Waals surface area contributed by atoms with Gasteiger partial charge in [0, 0.05) is 93.5 Å². The Hall–Kier alpha value is -7.38. The minimum absolute atomic E-state index is 0.0469. The number of amides is 6. The highest BCUT2D eigenvalue weighted by atomic mass is 19.1. The van der Waals surface area contributed by atoms with Crippen molar-refractivity contribution in [3.8, 4) is 11.5 Å². The monoisotopic (exact) mass is 968 g/mol. The zero-order valence-electron chi connectivity index (χ0n) is 39.4. The molecule has 3 atom stereocenters. The summed E-state index contributed by atoms with van der Waals surface area (Å²) in [7, 11) is 0. The van der Waals surface area contributed by atoms with Gasteiger partial charge < -0.3 is 25.6 Å². The van der Waals surface area contributed by atoms with Crippen molar-refractivity contribution in [1.29, 1.82) is 0 Å². The molecule has 4 N–H and O–H groups in total. The molecular formula is C52H54F2N10O7. The van der Waals surface area contributed by atoms with Gasteiger partial charge in [0.25, 0.3) is 11.8 Å². The number of fused-ring (bicyclic) bond motifs is 2. The molecule has 71 heavy (non-hydrogen) atoms. The Morgan fingerprint density at radius 3 is 2.10 bits per heavy atom. The maximum absolute atomic E-state index is 16.0. The van der Waals surface area contributed by atoms with E-state index in [1.165, 1.54) is 42.6 Å². The Labute approximate surface area is 408 Å². The van der Waals surface area contributed by atoms with E-state index >= 15 is 4.39 Å². The molecule has 1 saturated carbocycles. The van der Waals surface area contributed by atoms with Crippen LogP contribution < -0.4 is 30.9 Å². The molecule has 5 aromatic rings. The Balaban J connectivity index is 0.691. The molecule has 17 nitrogen and oxygen atoms in total. The molecule has 3 aromatic carbocycles. The Kier molecular flexibility index (Phi) is 12.9. The van der Waals surface area contributed by atoms with Crippen molar-refractivity contribution >= 4 is 69.2 Å². The van der Waals surface area contributed by atoms with Crippen molar-refractivity contribution in [1.82, 2.24) is 30.0 Å². The molecule has 368 valence electrons. The Bertz CT molecular complexity index is 2920. The topological polar surface area (TPSA) is 199 Å². The number of halogens is 2. The number of hydrogen-bond acceptors (Lipinski definition) is 13. The number of rotatable bonds is 14. The Morgan fingerprint density at radius 2 is 1.44 bits per heavy atom. The summed E-state index contributed by atoms with van der Waals surface area (Å²) < 4.78 is 35.5. The van der Waals surface area contributed by atoms with Gasteiger partial charge in [-0.05, 0) is 125 Å². The smallest absolute Gasteiger partial charge is 0.266 e. The fraction of sp³-hybridized carbons (Fsp3) is 0.385. The number of carbonyl (C=O) groups excluding carboxylic acids is 6.